The number of ether oxygens (including phenoxy) is 1. The van der Waals surface area contributed by atoms with Crippen molar-refractivity contribution in [3.05, 3.63) is 54.6 Å². The molecule has 11 heteroatoms. The van der Waals surface area contributed by atoms with Gasteiger partial charge in [-0.25, -0.2) is 9.50 Å². The molecule has 1 aromatic carbocycles. The molecule has 0 atom stereocenters. The average Bonchev–Trinajstić information content (AvgIpc) is 3.29. The Balaban J connectivity index is 1.69. The molecule has 2 N–H and O–H groups in total. The molecule has 0 aliphatic rings. The molecule has 0 unspecified atom stereocenters. The Kier molecular flexibility index (Phi) is 4.57. The van der Waals surface area contributed by atoms with Crippen LogP contribution in [0.25, 0.3) is 16.9 Å². The van der Waals surface area contributed by atoms with Crippen LogP contribution in [-0.4, -0.2) is 37.3 Å². The molecule has 0 saturated carbocycles. The standard InChI is InChI=1S/C17H12F2N6O2S/c18-17(19)27-13-3-2-9(28)6-10(13)14-12(8-21-24-14)23-16(26)11-7-22-25-5-1-4-20-15(11)25/h1-8,17,28H,(H,21,24)(H,23,26)/p-1. The van der Waals surface area contributed by atoms with Crippen molar-refractivity contribution in [2.75, 3.05) is 5.32 Å². The van der Waals surface area contributed by atoms with E-state index in [-0.39, 0.29) is 28.3 Å². The van der Waals surface area contributed by atoms with E-state index in [9.17, 15) is 13.6 Å². The number of fused-ring (bicyclic) bond motifs is 1. The van der Waals surface area contributed by atoms with Gasteiger partial charge in [-0.15, -0.1) is 0 Å². The lowest BCUT2D eigenvalue weighted by Gasteiger charge is -2.15. The van der Waals surface area contributed by atoms with E-state index in [0.717, 1.165) is 0 Å². The highest BCUT2D eigenvalue weighted by Gasteiger charge is 2.19. The van der Waals surface area contributed by atoms with Gasteiger partial charge in [0.25, 0.3) is 5.91 Å². The lowest BCUT2D eigenvalue weighted by atomic mass is 10.1. The summed E-state index contributed by atoms with van der Waals surface area (Å²) in [4.78, 5) is 17.2. The molecule has 142 valence electrons. The summed E-state index contributed by atoms with van der Waals surface area (Å²) in [6, 6.07) is 5.97. The van der Waals surface area contributed by atoms with E-state index in [1.54, 1.807) is 18.5 Å². The fraction of sp³-hybridized carbons (Fsp3) is 0.0588. The number of nitrogens with zero attached hydrogens (tertiary/aromatic N) is 4. The first kappa shape index (κ1) is 17.8. The van der Waals surface area contributed by atoms with Crippen LogP contribution in [0.5, 0.6) is 5.75 Å². The lowest BCUT2D eigenvalue weighted by molar-refractivity contribution is -0.0494. The van der Waals surface area contributed by atoms with Gasteiger partial charge in [0.05, 0.1) is 23.8 Å². The molecule has 0 aliphatic carbocycles. The van der Waals surface area contributed by atoms with Crippen molar-refractivity contribution in [2.24, 2.45) is 0 Å². The topological polar surface area (TPSA) is 97.2 Å². The molecule has 4 aromatic rings. The highest BCUT2D eigenvalue weighted by molar-refractivity contribution is 7.58. The maximum absolute atomic E-state index is 12.7. The summed E-state index contributed by atoms with van der Waals surface area (Å²) in [5, 5.41) is 13.3. The number of alkyl halides is 2. The van der Waals surface area contributed by atoms with Crippen molar-refractivity contribution < 1.29 is 18.3 Å². The second kappa shape index (κ2) is 7.19. The summed E-state index contributed by atoms with van der Waals surface area (Å²) < 4.78 is 31.5. The number of aromatic nitrogens is 5. The Morgan fingerprint density at radius 1 is 1.32 bits per heavy atom. The van der Waals surface area contributed by atoms with Crippen molar-refractivity contribution in [1.82, 2.24) is 24.8 Å². The quantitative estimate of drug-likeness (QED) is 0.499. The molecule has 28 heavy (non-hydrogen) atoms. The third-order valence-electron chi connectivity index (χ3n) is 3.85. The van der Waals surface area contributed by atoms with E-state index >= 15 is 0 Å². The predicted octanol–water partition coefficient (Wildman–Crippen LogP) is 2.88. The van der Waals surface area contributed by atoms with Crippen LogP contribution in [0.3, 0.4) is 0 Å². The molecule has 8 nitrogen and oxygen atoms in total. The van der Waals surface area contributed by atoms with E-state index in [4.69, 9.17) is 12.6 Å². The van der Waals surface area contributed by atoms with Gasteiger partial charge in [0, 0.05) is 18.0 Å². The Morgan fingerprint density at radius 3 is 3.00 bits per heavy atom. The number of benzene rings is 1. The van der Waals surface area contributed by atoms with E-state index in [0.29, 0.717) is 10.5 Å². The third kappa shape index (κ3) is 3.34. The van der Waals surface area contributed by atoms with E-state index in [1.807, 2.05) is 0 Å². The van der Waals surface area contributed by atoms with Crippen molar-refractivity contribution in [3.63, 3.8) is 0 Å². The zero-order valence-electron chi connectivity index (χ0n) is 14.0. The molecule has 3 heterocycles. The number of rotatable bonds is 5. The Morgan fingerprint density at radius 2 is 2.18 bits per heavy atom. The fourth-order valence-electron chi connectivity index (χ4n) is 2.67. The molecule has 0 spiro atoms. The summed E-state index contributed by atoms with van der Waals surface area (Å²) in [6.07, 6.45) is 5.94. The van der Waals surface area contributed by atoms with Gasteiger partial charge in [-0.2, -0.15) is 23.9 Å². The van der Waals surface area contributed by atoms with E-state index in [2.05, 4.69) is 30.3 Å². The van der Waals surface area contributed by atoms with Gasteiger partial charge in [0.15, 0.2) is 5.65 Å². The second-order valence-corrected chi connectivity index (χ2v) is 6.07. The molecule has 3 aromatic heterocycles. The predicted molar refractivity (Wildman–Crippen MR) is 97.2 cm³/mol. The van der Waals surface area contributed by atoms with Crippen LogP contribution in [0.1, 0.15) is 10.4 Å². The number of carbonyl (C=O) groups is 1. The first-order valence-corrected chi connectivity index (χ1v) is 8.33. The van der Waals surface area contributed by atoms with Gasteiger partial charge in [-0.3, -0.25) is 9.89 Å². The van der Waals surface area contributed by atoms with E-state index < -0.39 is 12.5 Å². The molecular weight excluding hydrogens is 390 g/mol. The van der Waals surface area contributed by atoms with Gasteiger partial charge in [0.1, 0.15) is 11.3 Å². The zero-order valence-corrected chi connectivity index (χ0v) is 14.8. The minimum Gasteiger partial charge on any atom is -0.780 e. The van der Waals surface area contributed by atoms with Crippen molar-refractivity contribution in [1.29, 1.82) is 0 Å². The summed E-state index contributed by atoms with van der Waals surface area (Å²) >= 11 is 5.11. The zero-order chi connectivity index (χ0) is 19.7. The molecule has 0 bridgehead atoms. The van der Waals surface area contributed by atoms with Crippen molar-refractivity contribution in [3.8, 4) is 17.0 Å². The van der Waals surface area contributed by atoms with Crippen LogP contribution in [0.15, 0.2) is 53.9 Å². The Hall–Kier alpha value is -3.60. The fourth-order valence-corrected chi connectivity index (χ4v) is 2.85. The first-order valence-electron chi connectivity index (χ1n) is 7.92. The molecule has 0 saturated heterocycles. The Bertz CT molecular complexity index is 1160. The molecule has 4 rings (SSSR count). The van der Waals surface area contributed by atoms with Crippen LogP contribution in [0, 0.1) is 0 Å². The number of aromatic amines is 1. The number of nitrogens with one attached hydrogen (secondary N) is 2. The Labute approximate surface area is 162 Å². The second-order valence-electron chi connectivity index (χ2n) is 5.60. The van der Waals surface area contributed by atoms with Crippen molar-refractivity contribution in [2.45, 2.75) is 11.5 Å². The minimum atomic E-state index is -3.01. The first-order chi connectivity index (χ1) is 13.5. The highest BCUT2D eigenvalue weighted by atomic mass is 32.1. The van der Waals surface area contributed by atoms with Crippen LogP contribution in [-0.2, 0) is 12.6 Å². The number of halogens is 2. The summed E-state index contributed by atoms with van der Waals surface area (Å²) in [7, 11) is 0. The third-order valence-corrected chi connectivity index (χ3v) is 4.10. The van der Waals surface area contributed by atoms with Gasteiger partial charge in [-0.05, 0) is 12.1 Å². The normalized spacial score (nSPS) is 11.1. The number of hydrogen-bond donors (Lipinski definition) is 2. The molecular formula is C17H11F2N6O2S-. The van der Waals surface area contributed by atoms with Crippen LogP contribution < -0.4 is 10.1 Å². The van der Waals surface area contributed by atoms with Crippen LogP contribution in [0.4, 0.5) is 14.5 Å². The summed E-state index contributed by atoms with van der Waals surface area (Å²) in [6.45, 7) is -3.01. The minimum absolute atomic E-state index is 0.0963. The smallest absolute Gasteiger partial charge is 0.387 e. The SMILES string of the molecule is O=C(Nc1cn[nH]c1-c1cc([S-])ccc1OC(F)F)c1cnn2cccnc12. The summed E-state index contributed by atoms with van der Waals surface area (Å²) in [5.74, 6) is -0.580. The van der Waals surface area contributed by atoms with Gasteiger partial charge in [-0.1, -0.05) is 12.1 Å². The van der Waals surface area contributed by atoms with Gasteiger partial charge >= 0.3 is 6.61 Å². The largest absolute Gasteiger partial charge is 0.780 e. The van der Waals surface area contributed by atoms with Crippen LogP contribution >= 0.6 is 0 Å². The lowest BCUT2D eigenvalue weighted by Crippen LogP contribution is -2.12. The monoisotopic (exact) mass is 401 g/mol. The number of amides is 1. The van der Waals surface area contributed by atoms with Crippen molar-refractivity contribution >= 4 is 29.9 Å². The van der Waals surface area contributed by atoms with E-state index in [1.165, 1.54) is 35.1 Å². The molecule has 0 fully saturated rings. The maximum atomic E-state index is 12.7. The number of anilines is 1. The van der Waals surface area contributed by atoms with Gasteiger partial charge in [0.2, 0.25) is 0 Å². The highest BCUT2D eigenvalue weighted by Crippen LogP contribution is 2.35. The number of H-pyrrole nitrogens is 1. The number of hydrogen-bond acceptors (Lipinski definition) is 6. The maximum Gasteiger partial charge on any atom is 0.387 e. The number of carbonyl (C=O) groups excluding carboxylic acids is 1. The molecule has 0 radical (unpaired) electrons. The average molecular weight is 401 g/mol. The molecule has 0 aliphatic heterocycles. The molecule has 1 amide bonds. The van der Waals surface area contributed by atoms with Gasteiger partial charge < -0.3 is 22.7 Å². The van der Waals surface area contributed by atoms with Crippen LogP contribution in [0.2, 0.25) is 0 Å². The summed E-state index contributed by atoms with van der Waals surface area (Å²) in [5.41, 5.74) is 1.41.